The summed E-state index contributed by atoms with van der Waals surface area (Å²) < 4.78 is 16.7. The van der Waals surface area contributed by atoms with Gasteiger partial charge in [0.1, 0.15) is 12.4 Å². The summed E-state index contributed by atoms with van der Waals surface area (Å²) in [5, 5.41) is 1.33. The lowest BCUT2D eigenvalue weighted by Crippen LogP contribution is -2.01. The second-order valence-electron chi connectivity index (χ2n) is 5.06. The lowest BCUT2D eigenvalue weighted by Gasteiger charge is -2.12. The molecular weight excluding hydrogens is 316 g/mol. The average Bonchev–Trinajstić information content (AvgIpc) is 3.02. The van der Waals surface area contributed by atoms with Crippen LogP contribution in [0.2, 0.25) is 5.02 Å². The molecular formula is C18H15ClO4. The number of methoxy groups -OCH3 is 1. The summed E-state index contributed by atoms with van der Waals surface area (Å²) in [7, 11) is 1.53. The summed E-state index contributed by atoms with van der Waals surface area (Å²) in [6, 6.07) is 10.8. The average molecular weight is 331 g/mol. The van der Waals surface area contributed by atoms with Crippen LogP contribution in [0.4, 0.5) is 0 Å². The number of hydrogen-bond donors (Lipinski definition) is 0. The van der Waals surface area contributed by atoms with Gasteiger partial charge in [-0.05, 0) is 25.1 Å². The van der Waals surface area contributed by atoms with Crippen LogP contribution in [-0.4, -0.2) is 12.9 Å². The van der Waals surface area contributed by atoms with Crippen molar-refractivity contribution in [3.05, 3.63) is 58.8 Å². The number of carbonyl (C=O) groups excluding carboxylic acids is 1. The second-order valence-corrected chi connectivity index (χ2v) is 5.46. The third-order valence-corrected chi connectivity index (χ3v) is 3.95. The van der Waals surface area contributed by atoms with Gasteiger partial charge in [0.05, 0.1) is 24.3 Å². The highest BCUT2D eigenvalue weighted by Crippen LogP contribution is 2.38. The van der Waals surface area contributed by atoms with Gasteiger partial charge in [-0.15, -0.1) is 0 Å². The molecule has 0 aliphatic rings. The molecule has 0 aliphatic carbocycles. The molecule has 0 saturated carbocycles. The van der Waals surface area contributed by atoms with E-state index in [1.807, 2.05) is 18.2 Å². The first kappa shape index (κ1) is 15.4. The predicted octanol–water partition coefficient (Wildman–Crippen LogP) is 4.88. The first-order valence-corrected chi connectivity index (χ1v) is 7.45. The number of halogens is 1. The van der Waals surface area contributed by atoms with E-state index in [1.54, 1.807) is 24.5 Å². The minimum atomic E-state index is -0.104. The number of ketones is 1. The van der Waals surface area contributed by atoms with Crippen molar-refractivity contribution >= 4 is 28.4 Å². The number of fused-ring (bicyclic) bond motifs is 1. The van der Waals surface area contributed by atoms with Crippen LogP contribution in [-0.2, 0) is 6.61 Å². The quantitative estimate of drug-likeness (QED) is 0.626. The molecule has 0 N–H and O–H groups in total. The molecule has 0 saturated heterocycles. The van der Waals surface area contributed by atoms with Crippen molar-refractivity contribution in [1.82, 2.24) is 0 Å². The third kappa shape index (κ3) is 2.90. The van der Waals surface area contributed by atoms with Crippen molar-refractivity contribution in [2.24, 2.45) is 0 Å². The molecule has 23 heavy (non-hydrogen) atoms. The SMILES string of the molecule is COc1c(C(C)=O)cc(OCc2ccccc2Cl)c2occc12. The van der Waals surface area contributed by atoms with Crippen LogP contribution < -0.4 is 9.47 Å². The van der Waals surface area contributed by atoms with Gasteiger partial charge in [-0.1, -0.05) is 29.8 Å². The lowest BCUT2D eigenvalue weighted by molar-refractivity contribution is 0.101. The van der Waals surface area contributed by atoms with E-state index in [4.69, 9.17) is 25.5 Å². The van der Waals surface area contributed by atoms with Gasteiger partial charge < -0.3 is 13.9 Å². The Labute approximate surface area is 138 Å². The number of hydrogen-bond acceptors (Lipinski definition) is 4. The molecule has 0 fully saturated rings. The van der Waals surface area contributed by atoms with Crippen molar-refractivity contribution in [1.29, 1.82) is 0 Å². The van der Waals surface area contributed by atoms with Gasteiger partial charge in [0.15, 0.2) is 17.1 Å². The number of Topliss-reactive ketones (excluding diaryl/α,β-unsaturated/α-hetero) is 1. The van der Waals surface area contributed by atoms with Crippen molar-refractivity contribution < 1.29 is 18.7 Å². The molecule has 0 atom stereocenters. The molecule has 0 unspecified atom stereocenters. The molecule has 0 aliphatic heterocycles. The third-order valence-electron chi connectivity index (χ3n) is 3.58. The smallest absolute Gasteiger partial charge is 0.179 e. The zero-order valence-electron chi connectivity index (χ0n) is 12.8. The zero-order valence-corrected chi connectivity index (χ0v) is 13.5. The Bertz CT molecular complexity index is 867. The summed E-state index contributed by atoms with van der Waals surface area (Å²) in [6.45, 7) is 1.76. The van der Waals surface area contributed by atoms with Gasteiger partial charge in [-0.3, -0.25) is 4.79 Å². The largest absolute Gasteiger partial charge is 0.495 e. The summed E-state index contributed by atoms with van der Waals surface area (Å²) >= 11 is 6.14. The van der Waals surface area contributed by atoms with E-state index in [0.717, 1.165) is 5.56 Å². The first-order valence-electron chi connectivity index (χ1n) is 7.07. The summed E-state index contributed by atoms with van der Waals surface area (Å²) in [6.07, 6.45) is 1.54. The minimum Gasteiger partial charge on any atom is -0.495 e. The van der Waals surface area contributed by atoms with Crippen LogP contribution in [0, 0.1) is 0 Å². The molecule has 0 bridgehead atoms. The molecule has 118 valence electrons. The molecule has 4 nitrogen and oxygen atoms in total. The van der Waals surface area contributed by atoms with E-state index in [1.165, 1.54) is 14.0 Å². The number of rotatable bonds is 5. The molecule has 0 spiro atoms. The van der Waals surface area contributed by atoms with Gasteiger partial charge in [0, 0.05) is 10.6 Å². The highest BCUT2D eigenvalue weighted by Gasteiger charge is 2.19. The van der Waals surface area contributed by atoms with Crippen LogP contribution in [0.1, 0.15) is 22.8 Å². The Morgan fingerprint density at radius 3 is 2.74 bits per heavy atom. The van der Waals surface area contributed by atoms with E-state index < -0.39 is 0 Å². The Morgan fingerprint density at radius 2 is 2.04 bits per heavy atom. The highest BCUT2D eigenvalue weighted by atomic mass is 35.5. The number of carbonyl (C=O) groups is 1. The first-order chi connectivity index (χ1) is 11.1. The van der Waals surface area contributed by atoms with Crippen LogP contribution in [0.25, 0.3) is 11.0 Å². The summed E-state index contributed by atoms with van der Waals surface area (Å²) in [5.74, 6) is 0.870. The van der Waals surface area contributed by atoms with Gasteiger partial charge in [0.25, 0.3) is 0 Å². The molecule has 0 radical (unpaired) electrons. The topological polar surface area (TPSA) is 48.7 Å². The van der Waals surface area contributed by atoms with Crippen LogP contribution in [0.5, 0.6) is 11.5 Å². The predicted molar refractivity (Wildman–Crippen MR) is 88.6 cm³/mol. The fourth-order valence-corrected chi connectivity index (χ4v) is 2.64. The maximum atomic E-state index is 11.9. The van der Waals surface area contributed by atoms with Crippen molar-refractivity contribution in [3.8, 4) is 11.5 Å². The van der Waals surface area contributed by atoms with Crippen LogP contribution in [0.15, 0.2) is 47.1 Å². The molecule has 3 aromatic rings. The van der Waals surface area contributed by atoms with E-state index in [0.29, 0.717) is 33.1 Å². The van der Waals surface area contributed by atoms with Crippen LogP contribution >= 0.6 is 11.6 Å². The fourth-order valence-electron chi connectivity index (χ4n) is 2.45. The maximum Gasteiger partial charge on any atom is 0.179 e. The van der Waals surface area contributed by atoms with E-state index in [9.17, 15) is 4.79 Å². The Hall–Kier alpha value is -2.46. The minimum absolute atomic E-state index is 0.104. The lowest BCUT2D eigenvalue weighted by atomic mass is 10.1. The second kappa shape index (κ2) is 6.34. The normalized spacial score (nSPS) is 10.7. The van der Waals surface area contributed by atoms with E-state index in [2.05, 4.69) is 0 Å². The molecule has 2 aromatic carbocycles. The zero-order chi connectivity index (χ0) is 16.4. The fraction of sp³-hybridized carbons (Fsp3) is 0.167. The monoisotopic (exact) mass is 330 g/mol. The van der Waals surface area contributed by atoms with Crippen LogP contribution in [0.3, 0.4) is 0 Å². The Morgan fingerprint density at radius 1 is 1.26 bits per heavy atom. The summed E-state index contributed by atoms with van der Waals surface area (Å²) in [4.78, 5) is 11.9. The van der Waals surface area contributed by atoms with Gasteiger partial charge >= 0.3 is 0 Å². The van der Waals surface area contributed by atoms with E-state index >= 15 is 0 Å². The van der Waals surface area contributed by atoms with Gasteiger partial charge in [-0.2, -0.15) is 0 Å². The molecule has 3 rings (SSSR count). The van der Waals surface area contributed by atoms with Crippen molar-refractivity contribution in [2.45, 2.75) is 13.5 Å². The maximum absolute atomic E-state index is 11.9. The molecule has 5 heteroatoms. The van der Waals surface area contributed by atoms with Gasteiger partial charge in [0.2, 0.25) is 0 Å². The Kier molecular flexibility index (Phi) is 4.26. The molecule has 1 aromatic heterocycles. The van der Waals surface area contributed by atoms with Crippen molar-refractivity contribution in [3.63, 3.8) is 0 Å². The summed E-state index contributed by atoms with van der Waals surface area (Å²) in [5.41, 5.74) is 1.85. The van der Waals surface area contributed by atoms with E-state index in [-0.39, 0.29) is 12.4 Å². The van der Waals surface area contributed by atoms with Crippen molar-refractivity contribution in [2.75, 3.05) is 7.11 Å². The Balaban J connectivity index is 2.02. The molecule has 1 heterocycles. The van der Waals surface area contributed by atoms with Gasteiger partial charge in [-0.25, -0.2) is 0 Å². The number of benzene rings is 2. The highest BCUT2D eigenvalue weighted by molar-refractivity contribution is 6.31. The molecule has 0 amide bonds. The standard InChI is InChI=1S/C18H15ClO4/c1-11(20)14-9-16(18-13(7-8-22-18)17(14)21-2)23-10-12-5-3-4-6-15(12)19/h3-9H,10H2,1-2H3. The number of ether oxygens (including phenoxy) is 2. The number of furan rings is 1.